The van der Waals surface area contributed by atoms with Gasteiger partial charge in [-0.1, -0.05) is 0 Å². The highest BCUT2D eigenvalue weighted by atomic mass is 32.2. The standard InChI is InChI=1S/C18H13F25N2O4S/c1-45(2)4-3-5(6(46)47)44-50(48,49)18(42,43)16(37,38)14(33,34)12(29,30)10(25,26)8(21,22)7(19,20)9(23,24)11(27,28)13(31,32)15(35,36)17(39,40)41/h5,44H,3-4H2,1-2H3,(H,46,47). The normalized spacial score (nSPS) is 17.0. The Bertz CT molecular complexity index is 1360. The zero-order chi connectivity index (χ0) is 41.4. The van der Waals surface area contributed by atoms with Crippen molar-refractivity contribution in [1.82, 2.24) is 9.62 Å². The van der Waals surface area contributed by atoms with Crippen molar-refractivity contribution in [2.45, 2.75) is 83.1 Å². The number of nitrogens with one attached hydrogen (secondary N) is 1. The SMILES string of the molecule is CN(C)CCC(NS(=O)(=O)C(F)(F)C(F)(F)C(F)(F)C(F)(F)C(F)(F)C(F)(F)C(F)(F)C(F)(F)C(F)(F)C(F)(F)C(F)(F)C(F)(F)F)C(=O)O. The first-order valence-corrected chi connectivity index (χ1v) is 12.8. The molecule has 0 aromatic heterocycles. The fourth-order valence-corrected chi connectivity index (χ4v) is 4.20. The Morgan fingerprint density at radius 3 is 0.980 bits per heavy atom. The molecule has 0 radical (unpaired) electrons. The van der Waals surface area contributed by atoms with Crippen LogP contribution < -0.4 is 4.72 Å². The summed E-state index contributed by atoms with van der Waals surface area (Å²) in [4.78, 5) is 11.9. The van der Waals surface area contributed by atoms with Crippen LogP contribution in [0.2, 0.25) is 0 Å². The molecule has 0 aromatic rings. The maximum Gasteiger partial charge on any atom is 0.460 e. The van der Waals surface area contributed by atoms with Crippen LogP contribution in [0, 0.1) is 0 Å². The summed E-state index contributed by atoms with van der Waals surface area (Å²) in [5.41, 5.74) is 0. The van der Waals surface area contributed by atoms with E-state index in [1.807, 2.05) is 0 Å². The third kappa shape index (κ3) is 6.34. The fraction of sp³-hybridized carbons (Fsp3) is 0.944. The summed E-state index contributed by atoms with van der Waals surface area (Å²) in [5, 5.41) is 0.579. The Balaban J connectivity index is 7.41. The second-order valence-corrected chi connectivity index (χ2v) is 11.6. The molecule has 0 heterocycles. The van der Waals surface area contributed by atoms with Crippen LogP contribution >= 0.6 is 0 Å². The van der Waals surface area contributed by atoms with E-state index in [0.29, 0.717) is 0 Å². The molecule has 0 saturated carbocycles. The van der Waals surface area contributed by atoms with Gasteiger partial charge in [-0.2, -0.15) is 114 Å². The van der Waals surface area contributed by atoms with Gasteiger partial charge in [0.05, 0.1) is 0 Å². The van der Waals surface area contributed by atoms with Crippen molar-refractivity contribution in [2.75, 3.05) is 20.6 Å². The number of halogens is 25. The third-order valence-corrected chi connectivity index (χ3v) is 7.59. The summed E-state index contributed by atoms with van der Waals surface area (Å²) >= 11 is 0. The van der Waals surface area contributed by atoms with Crippen LogP contribution in [0.4, 0.5) is 110 Å². The molecule has 0 saturated heterocycles. The van der Waals surface area contributed by atoms with Crippen molar-refractivity contribution in [3.05, 3.63) is 0 Å². The molecule has 0 aliphatic heterocycles. The first kappa shape index (κ1) is 47.6. The van der Waals surface area contributed by atoms with E-state index in [1.54, 1.807) is 0 Å². The van der Waals surface area contributed by atoms with Crippen LogP contribution in [0.1, 0.15) is 6.42 Å². The van der Waals surface area contributed by atoms with Crippen molar-refractivity contribution >= 4 is 16.0 Å². The van der Waals surface area contributed by atoms with Crippen LogP contribution in [-0.2, 0) is 14.8 Å². The highest BCUT2D eigenvalue weighted by Gasteiger charge is 3.00. The molecule has 0 fully saturated rings. The predicted octanol–water partition coefficient (Wildman–Crippen LogP) is 6.82. The molecule has 2 N–H and O–H groups in total. The summed E-state index contributed by atoms with van der Waals surface area (Å²) in [7, 11) is -6.01. The average molecular weight is 828 g/mol. The molecule has 0 aromatic carbocycles. The smallest absolute Gasteiger partial charge is 0.460 e. The van der Waals surface area contributed by atoms with Gasteiger partial charge >= 0.3 is 76.6 Å². The van der Waals surface area contributed by atoms with Gasteiger partial charge < -0.3 is 10.0 Å². The minimum absolute atomic E-state index is 0.0281. The molecule has 1 atom stereocenters. The summed E-state index contributed by atoms with van der Waals surface area (Å²) in [5.74, 6) is -97.1. The van der Waals surface area contributed by atoms with Crippen molar-refractivity contribution in [2.24, 2.45) is 0 Å². The Kier molecular flexibility index (Phi) is 12.0. The summed E-state index contributed by atoms with van der Waals surface area (Å²) < 4.78 is 362. The van der Waals surface area contributed by atoms with Gasteiger partial charge in [-0.25, -0.2) is 8.42 Å². The molecule has 0 amide bonds. The molecule has 0 aliphatic carbocycles. The van der Waals surface area contributed by atoms with Crippen LogP contribution in [0.25, 0.3) is 0 Å². The minimum atomic E-state index is -9.81. The molecule has 1 unspecified atom stereocenters. The number of aliphatic carboxylic acids is 1. The van der Waals surface area contributed by atoms with Crippen molar-refractivity contribution in [3.8, 4) is 0 Å². The Labute approximate surface area is 258 Å². The van der Waals surface area contributed by atoms with Gasteiger partial charge in [-0.15, -0.1) is 0 Å². The number of nitrogens with zero attached hydrogens (tertiary/aromatic N) is 1. The molecule has 0 rings (SSSR count). The molecule has 0 aliphatic rings. The number of carbonyl (C=O) groups is 1. The molecular weight excluding hydrogens is 815 g/mol. The van der Waals surface area contributed by atoms with Gasteiger partial charge in [0.1, 0.15) is 6.04 Å². The van der Waals surface area contributed by atoms with E-state index >= 15 is 0 Å². The van der Waals surface area contributed by atoms with Crippen molar-refractivity contribution in [1.29, 1.82) is 0 Å². The molecule has 50 heavy (non-hydrogen) atoms. The van der Waals surface area contributed by atoms with E-state index < -0.39 is 106 Å². The number of hydrogen-bond acceptors (Lipinski definition) is 4. The predicted molar refractivity (Wildman–Crippen MR) is 107 cm³/mol. The molecule has 300 valence electrons. The highest BCUT2D eigenvalue weighted by molar-refractivity contribution is 7.90. The molecule has 0 spiro atoms. The van der Waals surface area contributed by atoms with Crippen LogP contribution in [-0.4, -0.2) is 122 Å². The molecule has 6 nitrogen and oxygen atoms in total. The first-order valence-electron chi connectivity index (χ1n) is 11.3. The van der Waals surface area contributed by atoms with Gasteiger partial charge in [-0.3, -0.25) is 4.79 Å². The van der Waals surface area contributed by atoms with Crippen LogP contribution in [0.3, 0.4) is 0 Å². The number of carboxylic acid groups (broad SMARTS) is 1. The third-order valence-electron chi connectivity index (χ3n) is 6.07. The lowest BCUT2D eigenvalue weighted by Crippen LogP contribution is -2.78. The van der Waals surface area contributed by atoms with Gasteiger partial charge in [0.15, 0.2) is 0 Å². The number of alkyl halides is 25. The minimum Gasteiger partial charge on any atom is -0.480 e. The highest BCUT2D eigenvalue weighted by Crippen LogP contribution is 2.68. The topological polar surface area (TPSA) is 86.7 Å². The number of sulfonamides is 1. The zero-order valence-electron chi connectivity index (χ0n) is 23.0. The Morgan fingerprint density at radius 1 is 0.520 bits per heavy atom. The molecule has 0 bridgehead atoms. The van der Waals surface area contributed by atoms with E-state index in [2.05, 4.69) is 0 Å². The maximum absolute atomic E-state index is 14.2. The Hall–Kier alpha value is -2.41. The average Bonchev–Trinajstić information content (AvgIpc) is 2.88. The monoisotopic (exact) mass is 828 g/mol. The summed E-state index contributed by atoms with van der Waals surface area (Å²) in [6, 6.07) is -3.16. The van der Waals surface area contributed by atoms with Gasteiger partial charge in [-0.05, 0) is 27.1 Å². The largest absolute Gasteiger partial charge is 0.480 e. The van der Waals surface area contributed by atoms with Crippen LogP contribution in [0.15, 0.2) is 0 Å². The maximum atomic E-state index is 14.2. The number of rotatable bonds is 17. The van der Waals surface area contributed by atoms with E-state index in [-0.39, 0.29) is 4.72 Å². The lowest BCUT2D eigenvalue weighted by Gasteiger charge is -2.45. The Morgan fingerprint density at radius 2 is 0.760 bits per heavy atom. The van der Waals surface area contributed by atoms with Crippen molar-refractivity contribution in [3.63, 3.8) is 0 Å². The van der Waals surface area contributed by atoms with Gasteiger partial charge in [0, 0.05) is 0 Å². The van der Waals surface area contributed by atoms with E-state index in [4.69, 9.17) is 5.11 Å². The van der Waals surface area contributed by atoms with E-state index in [9.17, 15) is 123 Å². The summed E-state index contributed by atoms with van der Waals surface area (Å²) in [6.07, 6.45) is -9.59. The lowest BCUT2D eigenvalue weighted by atomic mass is 9.85. The number of carboxylic acids is 1. The fourth-order valence-electron chi connectivity index (χ4n) is 2.99. The number of hydrogen-bond donors (Lipinski definition) is 2. The lowest BCUT2D eigenvalue weighted by molar-refractivity contribution is -0.480. The molecule has 32 heteroatoms. The van der Waals surface area contributed by atoms with Crippen LogP contribution in [0.5, 0.6) is 0 Å². The van der Waals surface area contributed by atoms with E-state index in [0.717, 1.165) is 19.0 Å². The van der Waals surface area contributed by atoms with Gasteiger partial charge in [0.2, 0.25) is 0 Å². The first-order chi connectivity index (χ1) is 21.2. The van der Waals surface area contributed by atoms with Gasteiger partial charge in [0.25, 0.3) is 10.0 Å². The van der Waals surface area contributed by atoms with E-state index in [1.165, 1.54) is 0 Å². The second-order valence-electron chi connectivity index (χ2n) is 9.86. The zero-order valence-corrected chi connectivity index (χ0v) is 23.8. The second kappa shape index (κ2) is 12.6. The molecular formula is C18H13F25N2O4S. The quantitative estimate of drug-likeness (QED) is 0.158. The van der Waals surface area contributed by atoms with Crippen molar-refractivity contribution < 1.29 is 128 Å². The summed E-state index contributed by atoms with van der Waals surface area (Å²) in [6.45, 7) is -0.755.